The highest BCUT2D eigenvalue weighted by Crippen LogP contribution is 2.32. The summed E-state index contributed by atoms with van der Waals surface area (Å²) in [4.78, 5) is 2.52. The Bertz CT molecular complexity index is 270. The molecule has 2 N–H and O–H groups in total. The van der Waals surface area contributed by atoms with Crippen molar-refractivity contribution in [2.45, 2.75) is 51.4 Å². The second-order valence-electron chi connectivity index (χ2n) is 6.95. The van der Waals surface area contributed by atoms with Gasteiger partial charge in [-0.3, -0.25) is 4.90 Å². The zero-order valence-electron chi connectivity index (χ0n) is 12.2. The van der Waals surface area contributed by atoms with Crippen molar-refractivity contribution in [3.8, 4) is 0 Å². The molecule has 2 atom stereocenters. The van der Waals surface area contributed by atoms with Crippen molar-refractivity contribution in [1.29, 1.82) is 0 Å². The first kappa shape index (κ1) is 14.3. The molecule has 106 valence electrons. The molecular weight excluding hydrogens is 228 g/mol. The van der Waals surface area contributed by atoms with Crippen LogP contribution in [0.2, 0.25) is 0 Å². The van der Waals surface area contributed by atoms with Gasteiger partial charge < -0.3 is 15.2 Å². The van der Waals surface area contributed by atoms with E-state index in [-0.39, 0.29) is 11.2 Å². The fourth-order valence-electron chi connectivity index (χ4n) is 3.58. The quantitative estimate of drug-likeness (QED) is 0.825. The third kappa shape index (κ3) is 3.23. The Morgan fingerprint density at radius 3 is 2.28 bits per heavy atom. The van der Waals surface area contributed by atoms with E-state index in [9.17, 15) is 0 Å². The predicted octanol–water partition coefficient (Wildman–Crippen LogP) is 1.24. The minimum atomic E-state index is -0.103. The van der Waals surface area contributed by atoms with Gasteiger partial charge in [-0.05, 0) is 34.1 Å². The molecule has 0 spiro atoms. The number of ether oxygens (including phenoxy) is 2. The molecule has 2 aliphatic rings. The molecule has 4 heteroatoms. The Morgan fingerprint density at radius 1 is 1.22 bits per heavy atom. The smallest absolute Gasteiger partial charge is 0.0760 e. The van der Waals surface area contributed by atoms with Crippen LogP contribution in [0.5, 0.6) is 0 Å². The normalized spacial score (nSPS) is 33.5. The van der Waals surface area contributed by atoms with Crippen LogP contribution in [-0.2, 0) is 9.47 Å². The molecule has 2 aliphatic heterocycles. The van der Waals surface area contributed by atoms with Gasteiger partial charge in [-0.2, -0.15) is 0 Å². The van der Waals surface area contributed by atoms with E-state index in [0.717, 1.165) is 32.7 Å². The Labute approximate surface area is 111 Å². The summed E-state index contributed by atoms with van der Waals surface area (Å²) < 4.78 is 11.7. The molecule has 0 aliphatic carbocycles. The Morgan fingerprint density at radius 2 is 1.83 bits per heavy atom. The maximum atomic E-state index is 6.13. The third-order valence-electron chi connectivity index (χ3n) is 3.94. The van der Waals surface area contributed by atoms with Crippen LogP contribution in [-0.4, -0.2) is 55.0 Å². The van der Waals surface area contributed by atoms with E-state index in [1.165, 1.54) is 0 Å². The van der Waals surface area contributed by atoms with Crippen LogP contribution in [0.4, 0.5) is 0 Å². The molecular formula is C14H28N2O2. The first-order valence-electron chi connectivity index (χ1n) is 7.05. The van der Waals surface area contributed by atoms with Gasteiger partial charge in [0, 0.05) is 38.2 Å². The minimum Gasteiger partial charge on any atom is -0.381 e. The second-order valence-corrected chi connectivity index (χ2v) is 6.95. The molecule has 0 aromatic heterocycles. The second kappa shape index (κ2) is 5.08. The summed E-state index contributed by atoms with van der Waals surface area (Å²) in [5.74, 6) is 0.583. The average Bonchev–Trinajstić information content (AvgIpc) is 2.67. The maximum Gasteiger partial charge on any atom is 0.0760 e. The molecule has 0 aromatic rings. The van der Waals surface area contributed by atoms with Crippen LogP contribution >= 0.6 is 0 Å². The average molecular weight is 256 g/mol. The predicted molar refractivity (Wildman–Crippen MR) is 72.6 cm³/mol. The Hall–Kier alpha value is -0.160. The van der Waals surface area contributed by atoms with E-state index in [1.54, 1.807) is 0 Å². The molecule has 2 rings (SSSR count). The Kier molecular flexibility index (Phi) is 4.02. The molecule has 0 aromatic carbocycles. The van der Waals surface area contributed by atoms with E-state index in [4.69, 9.17) is 15.2 Å². The van der Waals surface area contributed by atoms with Gasteiger partial charge in [0.2, 0.25) is 0 Å². The minimum absolute atomic E-state index is 0.103. The van der Waals surface area contributed by atoms with Gasteiger partial charge in [-0.1, -0.05) is 0 Å². The number of morpholine rings is 1. The van der Waals surface area contributed by atoms with Crippen LogP contribution < -0.4 is 5.73 Å². The molecule has 0 amide bonds. The highest BCUT2D eigenvalue weighted by Gasteiger charge is 2.42. The van der Waals surface area contributed by atoms with Crippen LogP contribution in [0.25, 0.3) is 0 Å². The summed E-state index contributed by atoms with van der Waals surface area (Å²) in [6.45, 7) is 13.0. The summed E-state index contributed by atoms with van der Waals surface area (Å²) >= 11 is 0. The zero-order chi connectivity index (χ0) is 13.4. The monoisotopic (exact) mass is 256 g/mol. The van der Waals surface area contributed by atoms with Crippen LogP contribution in [0, 0.1) is 5.92 Å². The number of rotatable bonds is 3. The zero-order valence-corrected chi connectivity index (χ0v) is 12.2. The topological polar surface area (TPSA) is 47.7 Å². The van der Waals surface area contributed by atoms with Crippen LogP contribution in [0.3, 0.4) is 0 Å². The lowest BCUT2D eigenvalue weighted by atomic mass is 9.91. The van der Waals surface area contributed by atoms with Gasteiger partial charge in [0.15, 0.2) is 0 Å². The number of hydrogen-bond donors (Lipinski definition) is 1. The summed E-state index contributed by atoms with van der Waals surface area (Å²) in [5.41, 5.74) is 5.82. The number of nitrogens with two attached hydrogens (primary N) is 1. The highest BCUT2D eigenvalue weighted by molar-refractivity contribution is 4.94. The van der Waals surface area contributed by atoms with Gasteiger partial charge in [0.1, 0.15) is 0 Å². The van der Waals surface area contributed by atoms with Crippen molar-refractivity contribution in [2.24, 2.45) is 11.7 Å². The van der Waals surface area contributed by atoms with Gasteiger partial charge in [-0.25, -0.2) is 0 Å². The van der Waals surface area contributed by atoms with Crippen LogP contribution in [0.1, 0.15) is 34.1 Å². The maximum absolute atomic E-state index is 6.13. The lowest BCUT2D eigenvalue weighted by molar-refractivity contribution is -0.190. The van der Waals surface area contributed by atoms with Gasteiger partial charge in [0.05, 0.1) is 17.8 Å². The summed E-state index contributed by atoms with van der Waals surface area (Å²) in [7, 11) is 0. The summed E-state index contributed by atoms with van der Waals surface area (Å²) in [5, 5.41) is 0. The van der Waals surface area contributed by atoms with E-state index >= 15 is 0 Å². The molecule has 2 heterocycles. The summed E-state index contributed by atoms with van der Waals surface area (Å²) in [6, 6.07) is 0.426. The lowest BCUT2D eigenvalue weighted by Gasteiger charge is -2.50. The summed E-state index contributed by atoms with van der Waals surface area (Å²) in [6.07, 6.45) is 1.14. The van der Waals surface area contributed by atoms with E-state index in [1.807, 2.05) is 0 Å². The first-order chi connectivity index (χ1) is 8.33. The fourth-order valence-corrected chi connectivity index (χ4v) is 3.58. The standard InChI is InChI=1S/C14H28N2O2/c1-13(2)9-16(10-14(3,4)18-13)12(7-15)11-5-6-17-8-11/h11-12H,5-10,15H2,1-4H3. The largest absolute Gasteiger partial charge is 0.381 e. The highest BCUT2D eigenvalue weighted by atomic mass is 16.5. The fraction of sp³-hybridized carbons (Fsp3) is 1.00. The van der Waals surface area contributed by atoms with E-state index in [0.29, 0.717) is 18.5 Å². The van der Waals surface area contributed by atoms with Crippen molar-refractivity contribution in [3.63, 3.8) is 0 Å². The molecule has 2 saturated heterocycles. The number of hydrogen-bond acceptors (Lipinski definition) is 4. The Balaban J connectivity index is 2.09. The SMILES string of the molecule is CC1(C)CN(C(CN)C2CCOC2)CC(C)(C)O1. The molecule has 0 saturated carbocycles. The van der Waals surface area contributed by atoms with Crippen molar-refractivity contribution < 1.29 is 9.47 Å². The third-order valence-corrected chi connectivity index (χ3v) is 3.94. The van der Waals surface area contributed by atoms with E-state index < -0.39 is 0 Å². The van der Waals surface area contributed by atoms with Gasteiger partial charge in [0.25, 0.3) is 0 Å². The van der Waals surface area contributed by atoms with Crippen LogP contribution in [0.15, 0.2) is 0 Å². The molecule has 0 bridgehead atoms. The van der Waals surface area contributed by atoms with Crippen molar-refractivity contribution >= 4 is 0 Å². The van der Waals surface area contributed by atoms with Crippen molar-refractivity contribution in [2.75, 3.05) is 32.8 Å². The first-order valence-corrected chi connectivity index (χ1v) is 7.05. The lowest BCUT2D eigenvalue weighted by Crippen LogP contribution is -2.62. The van der Waals surface area contributed by atoms with Gasteiger partial charge in [-0.15, -0.1) is 0 Å². The molecule has 2 fully saturated rings. The van der Waals surface area contributed by atoms with Gasteiger partial charge >= 0.3 is 0 Å². The number of nitrogens with zero attached hydrogens (tertiary/aromatic N) is 1. The van der Waals surface area contributed by atoms with E-state index in [2.05, 4.69) is 32.6 Å². The molecule has 4 nitrogen and oxygen atoms in total. The molecule has 18 heavy (non-hydrogen) atoms. The molecule has 0 radical (unpaired) electrons. The van der Waals surface area contributed by atoms with Crippen molar-refractivity contribution in [3.05, 3.63) is 0 Å². The van der Waals surface area contributed by atoms with Crippen molar-refractivity contribution in [1.82, 2.24) is 4.90 Å². The molecule has 2 unspecified atom stereocenters.